The lowest BCUT2D eigenvalue weighted by Crippen LogP contribution is -2.32. The van der Waals surface area contributed by atoms with Crippen molar-refractivity contribution in [2.45, 2.75) is 206 Å². The van der Waals surface area contributed by atoms with Gasteiger partial charge < -0.3 is 20.5 Å². The number of aliphatic hydroxyl groups excluding tert-OH is 1. The number of carbonyl (C=O) groups excluding carboxylic acids is 2. The summed E-state index contributed by atoms with van der Waals surface area (Å²) in [5, 5.41) is 9.60. The van der Waals surface area contributed by atoms with Crippen LogP contribution in [0.4, 0.5) is 0 Å². The summed E-state index contributed by atoms with van der Waals surface area (Å²) in [5.74, 6) is -0.844. The number of phosphoric acid groups is 1. The molecular weight excluding hydrogens is 665 g/mol. The molecule has 0 aliphatic carbocycles. The van der Waals surface area contributed by atoms with Crippen molar-refractivity contribution in [3.8, 4) is 0 Å². The Morgan fingerprint density at radius 2 is 1.08 bits per heavy atom. The number of allylic oxidation sites excluding steroid dienone is 4. The molecule has 0 aliphatic heterocycles. The molecular formula is C41H78NO8P. The lowest BCUT2D eigenvalue weighted by molar-refractivity contribution is -0.153. The van der Waals surface area contributed by atoms with E-state index in [0.717, 1.165) is 57.8 Å². The molecule has 0 rings (SSSR count). The largest absolute Gasteiger partial charge is 0.473 e. The first kappa shape index (κ1) is 49.6. The lowest BCUT2D eigenvalue weighted by atomic mass is 10.0. The van der Waals surface area contributed by atoms with Gasteiger partial charge in [-0.1, -0.05) is 160 Å². The van der Waals surface area contributed by atoms with Gasteiger partial charge in [0, 0.05) is 19.4 Å². The predicted molar refractivity (Wildman–Crippen MR) is 211 cm³/mol. The van der Waals surface area contributed by atoms with Gasteiger partial charge in [-0.3, -0.25) is 18.6 Å². The lowest BCUT2D eigenvalue weighted by Gasteiger charge is -2.21. The number of ether oxygens (including phenoxy) is 1. The molecule has 0 aliphatic rings. The van der Waals surface area contributed by atoms with Gasteiger partial charge in [0.15, 0.2) is 5.78 Å². The molecule has 9 nitrogen and oxygen atoms in total. The molecule has 4 N–H and O–H groups in total. The van der Waals surface area contributed by atoms with Crippen LogP contribution in [0.2, 0.25) is 0 Å². The fraction of sp³-hybridized carbons (Fsp3) is 0.854. The Bertz CT molecular complexity index is 912. The number of rotatable bonds is 39. The van der Waals surface area contributed by atoms with Gasteiger partial charge in [-0.15, -0.1) is 0 Å². The van der Waals surface area contributed by atoms with Crippen molar-refractivity contribution in [2.75, 3.05) is 19.8 Å². The molecule has 0 amide bonds. The van der Waals surface area contributed by atoms with E-state index in [-0.39, 0.29) is 25.2 Å². The second-order valence-electron chi connectivity index (χ2n) is 14.0. The summed E-state index contributed by atoms with van der Waals surface area (Å²) < 4.78 is 27.8. The first-order chi connectivity index (χ1) is 24.8. The average Bonchev–Trinajstić information content (AvgIpc) is 3.12. The highest BCUT2D eigenvalue weighted by Gasteiger charge is 2.31. The Labute approximate surface area is 312 Å². The number of Topliss-reactive ketones (excluding diaryl/α,β-unsaturated/α-hetero) is 1. The number of aliphatic hydroxyl groups is 1. The summed E-state index contributed by atoms with van der Waals surface area (Å²) in [7, 11) is -4.67. The molecule has 10 heteroatoms. The van der Waals surface area contributed by atoms with Crippen molar-refractivity contribution in [3.05, 3.63) is 24.3 Å². The van der Waals surface area contributed by atoms with Crippen molar-refractivity contribution in [1.29, 1.82) is 0 Å². The van der Waals surface area contributed by atoms with Gasteiger partial charge in [0.05, 0.1) is 13.2 Å². The maximum absolute atomic E-state index is 12.6. The van der Waals surface area contributed by atoms with E-state index >= 15 is 0 Å². The molecule has 0 saturated carbocycles. The minimum absolute atomic E-state index is 0.192. The van der Waals surface area contributed by atoms with Crippen LogP contribution >= 0.6 is 7.82 Å². The van der Waals surface area contributed by atoms with Gasteiger partial charge in [0.25, 0.3) is 0 Å². The zero-order valence-corrected chi connectivity index (χ0v) is 33.6. The molecule has 0 saturated heterocycles. The van der Waals surface area contributed by atoms with Crippen LogP contribution in [0.25, 0.3) is 0 Å². The Morgan fingerprint density at radius 1 is 0.647 bits per heavy atom. The summed E-state index contributed by atoms with van der Waals surface area (Å²) >= 11 is 0. The van der Waals surface area contributed by atoms with E-state index in [9.17, 15) is 24.2 Å². The Morgan fingerprint density at radius 3 is 1.57 bits per heavy atom. The number of esters is 1. The van der Waals surface area contributed by atoms with Gasteiger partial charge in [0.2, 0.25) is 0 Å². The van der Waals surface area contributed by atoms with Crippen molar-refractivity contribution in [3.63, 3.8) is 0 Å². The Balaban J connectivity index is 3.99. The summed E-state index contributed by atoms with van der Waals surface area (Å²) in [5.41, 5.74) is 5.67. The summed E-state index contributed by atoms with van der Waals surface area (Å²) in [4.78, 5) is 35.0. The topological polar surface area (TPSA) is 145 Å². The van der Waals surface area contributed by atoms with Crippen LogP contribution in [0.15, 0.2) is 24.3 Å². The third-order valence-corrected chi connectivity index (χ3v) is 10.1. The third kappa shape index (κ3) is 34.2. The predicted octanol–water partition coefficient (Wildman–Crippen LogP) is 11.0. The zero-order chi connectivity index (χ0) is 37.7. The number of unbranched alkanes of at least 4 members (excludes halogenated alkanes) is 22. The number of nitrogens with two attached hydrogens (primary N) is 1. The highest BCUT2D eigenvalue weighted by Crippen LogP contribution is 2.45. The van der Waals surface area contributed by atoms with Crippen molar-refractivity contribution < 1.29 is 37.9 Å². The van der Waals surface area contributed by atoms with Crippen LogP contribution in [0.5, 0.6) is 0 Å². The van der Waals surface area contributed by atoms with Gasteiger partial charge in [-0.05, 0) is 44.9 Å². The van der Waals surface area contributed by atoms with Crippen LogP contribution in [0, 0.1) is 0 Å². The summed E-state index contributed by atoms with van der Waals surface area (Å²) in [6, 6.07) is 0. The standard InChI is InChI=1S/C41H78NO8P/c1-3-5-7-9-11-13-15-17-19-21-23-25-27-29-31-33-39(44)40(35-42)50-51(46,47)48-37-38(36-43)49-41(45)34-32-30-28-26-24-22-20-18-16-14-12-10-8-6-4-2/h12,14,18,20,38,40,43H,3-11,13,15-17,19,21-37,42H2,1-2H3,(H,46,47)/b14-12-,20-18-/t38-,40?/m1/s1. The van der Waals surface area contributed by atoms with Crippen LogP contribution in [-0.2, 0) is 27.9 Å². The van der Waals surface area contributed by atoms with Crippen LogP contribution in [0.3, 0.4) is 0 Å². The highest BCUT2D eigenvalue weighted by atomic mass is 31.2. The van der Waals surface area contributed by atoms with Crippen molar-refractivity contribution >= 4 is 19.6 Å². The first-order valence-corrected chi connectivity index (χ1v) is 22.3. The molecule has 0 spiro atoms. The van der Waals surface area contributed by atoms with Gasteiger partial charge in [0.1, 0.15) is 12.2 Å². The second kappa shape index (κ2) is 37.0. The maximum atomic E-state index is 12.6. The number of hydrogen-bond acceptors (Lipinski definition) is 8. The minimum atomic E-state index is -4.67. The van der Waals surface area contributed by atoms with Crippen LogP contribution < -0.4 is 5.73 Å². The molecule has 300 valence electrons. The molecule has 0 fully saturated rings. The number of phosphoric ester groups is 1. The van der Waals surface area contributed by atoms with E-state index in [0.29, 0.717) is 12.8 Å². The SMILES string of the molecule is CCCCC/C=C\C/C=C\CCCCCCCC(=O)O[C@H](CO)COP(=O)(O)OC(CN)C(=O)CCCCCCCCCCCCCCCCC. The minimum Gasteiger partial charge on any atom is -0.457 e. The summed E-state index contributed by atoms with van der Waals surface area (Å²) in [6.45, 7) is 3.10. The normalized spacial score (nSPS) is 14.3. The molecule has 3 atom stereocenters. The average molecular weight is 744 g/mol. The fourth-order valence-corrected chi connectivity index (χ4v) is 6.82. The van der Waals surface area contributed by atoms with Crippen molar-refractivity contribution in [2.24, 2.45) is 5.73 Å². The Hall–Kier alpha value is -1.35. The van der Waals surface area contributed by atoms with E-state index < -0.39 is 39.2 Å². The first-order valence-electron chi connectivity index (χ1n) is 20.8. The molecule has 0 heterocycles. The molecule has 51 heavy (non-hydrogen) atoms. The van der Waals surface area contributed by atoms with E-state index in [1.165, 1.54) is 96.3 Å². The number of carbonyl (C=O) groups is 2. The quantitative estimate of drug-likeness (QED) is 0.0242. The molecule has 0 aromatic carbocycles. The van der Waals surface area contributed by atoms with Crippen LogP contribution in [0.1, 0.15) is 194 Å². The van der Waals surface area contributed by atoms with E-state index in [1.807, 2.05) is 0 Å². The zero-order valence-electron chi connectivity index (χ0n) is 32.8. The number of ketones is 1. The molecule has 2 unspecified atom stereocenters. The molecule has 0 bridgehead atoms. The van der Waals surface area contributed by atoms with Crippen LogP contribution in [-0.4, -0.2) is 53.7 Å². The fourth-order valence-electron chi connectivity index (χ4n) is 5.88. The van der Waals surface area contributed by atoms with Gasteiger partial charge >= 0.3 is 13.8 Å². The van der Waals surface area contributed by atoms with E-state index in [4.69, 9.17) is 19.5 Å². The van der Waals surface area contributed by atoms with Gasteiger partial charge in [-0.2, -0.15) is 0 Å². The molecule has 0 aromatic heterocycles. The maximum Gasteiger partial charge on any atom is 0.473 e. The monoisotopic (exact) mass is 744 g/mol. The third-order valence-electron chi connectivity index (χ3n) is 9.12. The smallest absolute Gasteiger partial charge is 0.457 e. The summed E-state index contributed by atoms with van der Waals surface area (Å²) in [6.07, 6.45) is 37.2. The second-order valence-corrected chi connectivity index (χ2v) is 15.4. The Kier molecular flexibility index (Phi) is 36.0. The molecule has 0 aromatic rings. The number of hydrogen-bond donors (Lipinski definition) is 3. The van der Waals surface area contributed by atoms with Crippen molar-refractivity contribution in [1.82, 2.24) is 0 Å². The van der Waals surface area contributed by atoms with E-state index in [1.54, 1.807) is 0 Å². The van der Waals surface area contributed by atoms with Gasteiger partial charge in [-0.25, -0.2) is 4.57 Å². The molecule has 0 radical (unpaired) electrons. The van der Waals surface area contributed by atoms with E-state index in [2.05, 4.69) is 38.2 Å². The highest BCUT2D eigenvalue weighted by molar-refractivity contribution is 7.47.